The summed E-state index contributed by atoms with van der Waals surface area (Å²) in [5.74, 6) is -0.301. The second-order valence-corrected chi connectivity index (χ2v) is 12.6. The minimum absolute atomic E-state index is 0.0241. The van der Waals surface area contributed by atoms with Crippen molar-refractivity contribution in [3.8, 4) is 0 Å². The number of hydrogen-bond acceptors (Lipinski definition) is 3. The highest BCUT2D eigenvalue weighted by Crippen LogP contribution is 2.38. The third-order valence-corrected chi connectivity index (χ3v) is 9.28. The molecule has 0 fully saturated rings. The summed E-state index contributed by atoms with van der Waals surface area (Å²) in [6.07, 6.45) is 5.43. The van der Waals surface area contributed by atoms with Crippen LogP contribution in [-0.2, 0) is 14.0 Å². The maximum atomic E-state index is 11.4. The molecule has 21 heavy (non-hydrogen) atoms. The van der Waals surface area contributed by atoms with Crippen molar-refractivity contribution in [2.75, 3.05) is 6.61 Å². The van der Waals surface area contributed by atoms with Crippen molar-refractivity contribution in [1.82, 2.24) is 0 Å². The number of alkyl halides is 1. The Morgan fingerprint density at radius 3 is 2.29 bits per heavy atom. The zero-order valence-electron chi connectivity index (χ0n) is 14.5. The van der Waals surface area contributed by atoms with Gasteiger partial charge in [0.25, 0.3) is 0 Å². The second kappa shape index (κ2) is 9.11. The number of carbonyl (C=O) groups excluding carboxylic acids is 1. The van der Waals surface area contributed by atoms with E-state index in [4.69, 9.17) is 9.16 Å². The molecule has 0 aliphatic carbocycles. The standard InChI is InChI=1S/C16H31BrO3Si/c1-8-10-14(20-21(6,7)16(3,4)5)13(17)11-12-15(18)19-9-2/h11-14H,8-10H2,1-7H3/b12-11+/t13-,14+/m1/s1. The fourth-order valence-electron chi connectivity index (χ4n) is 1.61. The van der Waals surface area contributed by atoms with Crippen LogP contribution < -0.4 is 0 Å². The first kappa shape index (κ1) is 20.9. The van der Waals surface area contributed by atoms with E-state index in [-0.39, 0.29) is 21.9 Å². The Hall–Kier alpha value is -0.133. The van der Waals surface area contributed by atoms with E-state index in [1.165, 1.54) is 6.08 Å². The van der Waals surface area contributed by atoms with E-state index in [2.05, 4.69) is 56.7 Å². The largest absolute Gasteiger partial charge is 0.463 e. The van der Waals surface area contributed by atoms with Gasteiger partial charge in [0.1, 0.15) is 0 Å². The van der Waals surface area contributed by atoms with Crippen molar-refractivity contribution >= 4 is 30.2 Å². The number of ether oxygens (including phenoxy) is 1. The van der Waals surface area contributed by atoms with Crippen LogP contribution in [0.4, 0.5) is 0 Å². The fraction of sp³-hybridized carbons (Fsp3) is 0.812. The predicted molar refractivity (Wildman–Crippen MR) is 95.5 cm³/mol. The highest BCUT2D eigenvalue weighted by Gasteiger charge is 2.39. The molecular formula is C16H31BrO3Si. The van der Waals surface area contributed by atoms with Gasteiger partial charge < -0.3 is 9.16 Å². The Labute approximate surface area is 139 Å². The Morgan fingerprint density at radius 1 is 1.29 bits per heavy atom. The van der Waals surface area contributed by atoms with Crippen molar-refractivity contribution in [3.05, 3.63) is 12.2 Å². The third kappa shape index (κ3) is 7.61. The predicted octanol–water partition coefficient (Wildman–Crippen LogP) is 5.06. The zero-order valence-corrected chi connectivity index (χ0v) is 17.1. The van der Waals surface area contributed by atoms with E-state index in [0.717, 1.165) is 12.8 Å². The summed E-state index contributed by atoms with van der Waals surface area (Å²) in [5, 5.41) is 0.177. The van der Waals surface area contributed by atoms with E-state index in [0.29, 0.717) is 6.61 Å². The summed E-state index contributed by atoms with van der Waals surface area (Å²) < 4.78 is 11.4. The third-order valence-electron chi connectivity index (χ3n) is 3.88. The number of rotatable bonds is 8. The molecule has 0 aliphatic rings. The number of esters is 1. The van der Waals surface area contributed by atoms with Gasteiger partial charge in [0.15, 0.2) is 8.32 Å². The van der Waals surface area contributed by atoms with Gasteiger partial charge in [0.05, 0.1) is 17.5 Å². The monoisotopic (exact) mass is 378 g/mol. The molecule has 0 N–H and O–H groups in total. The highest BCUT2D eigenvalue weighted by atomic mass is 79.9. The van der Waals surface area contributed by atoms with Crippen molar-refractivity contribution < 1.29 is 14.0 Å². The minimum atomic E-state index is -1.82. The highest BCUT2D eigenvalue weighted by molar-refractivity contribution is 9.09. The van der Waals surface area contributed by atoms with Crippen LogP contribution in [0, 0.1) is 0 Å². The molecule has 0 aromatic heterocycles. The fourth-order valence-corrected chi connectivity index (χ4v) is 3.71. The summed E-state index contributed by atoms with van der Waals surface area (Å²) in [4.78, 5) is 11.4. The molecule has 0 rings (SSSR count). The Bertz CT molecular complexity index is 348. The van der Waals surface area contributed by atoms with Gasteiger partial charge >= 0.3 is 5.97 Å². The van der Waals surface area contributed by atoms with Crippen LogP contribution >= 0.6 is 15.9 Å². The van der Waals surface area contributed by atoms with Gasteiger partial charge in [-0.05, 0) is 31.5 Å². The van der Waals surface area contributed by atoms with Crippen LogP contribution in [0.25, 0.3) is 0 Å². The zero-order chi connectivity index (χ0) is 16.7. The summed E-state index contributed by atoms with van der Waals surface area (Å²) in [5.41, 5.74) is 0. The molecule has 124 valence electrons. The first-order valence-electron chi connectivity index (χ1n) is 7.72. The van der Waals surface area contributed by atoms with Crippen LogP contribution in [0.1, 0.15) is 47.5 Å². The SMILES string of the molecule is CCC[C@H](O[Si](C)(C)C(C)(C)C)[C@H](Br)/C=C/C(=O)OCC. The lowest BCUT2D eigenvalue weighted by Crippen LogP contribution is -2.45. The molecule has 0 aromatic rings. The summed E-state index contributed by atoms with van der Waals surface area (Å²) in [7, 11) is -1.82. The van der Waals surface area contributed by atoms with Crippen molar-refractivity contribution in [3.63, 3.8) is 0 Å². The number of halogens is 1. The molecule has 0 bridgehead atoms. The molecule has 0 amide bonds. The quantitative estimate of drug-likeness (QED) is 0.256. The van der Waals surface area contributed by atoms with Gasteiger partial charge in [0.2, 0.25) is 0 Å². The molecule has 5 heteroatoms. The van der Waals surface area contributed by atoms with Crippen LogP contribution in [0.3, 0.4) is 0 Å². The lowest BCUT2D eigenvalue weighted by atomic mass is 10.1. The Kier molecular flexibility index (Phi) is 9.05. The van der Waals surface area contributed by atoms with E-state index in [1.807, 2.05) is 6.08 Å². The molecule has 0 heterocycles. The average molecular weight is 379 g/mol. The Morgan fingerprint density at radius 2 is 1.86 bits per heavy atom. The molecule has 0 radical (unpaired) electrons. The van der Waals surface area contributed by atoms with Gasteiger partial charge in [-0.15, -0.1) is 0 Å². The minimum Gasteiger partial charge on any atom is -0.463 e. The molecule has 0 aromatic carbocycles. The average Bonchev–Trinajstić information content (AvgIpc) is 2.34. The molecule has 0 saturated carbocycles. The molecule has 0 unspecified atom stereocenters. The first-order chi connectivity index (χ1) is 9.55. The molecule has 0 saturated heterocycles. The number of hydrogen-bond donors (Lipinski definition) is 0. The van der Waals surface area contributed by atoms with Crippen LogP contribution in [0.15, 0.2) is 12.2 Å². The molecular weight excluding hydrogens is 348 g/mol. The van der Waals surface area contributed by atoms with Crippen molar-refractivity contribution in [2.24, 2.45) is 0 Å². The number of carbonyl (C=O) groups is 1. The molecule has 3 nitrogen and oxygen atoms in total. The first-order valence-corrected chi connectivity index (χ1v) is 11.5. The van der Waals surface area contributed by atoms with E-state index in [1.54, 1.807) is 6.92 Å². The van der Waals surface area contributed by atoms with Crippen molar-refractivity contribution in [2.45, 2.75) is 76.5 Å². The van der Waals surface area contributed by atoms with Gasteiger partial charge in [-0.1, -0.05) is 56.1 Å². The lowest BCUT2D eigenvalue weighted by Gasteiger charge is -2.40. The summed E-state index contributed by atoms with van der Waals surface area (Å²) in [6.45, 7) is 15.6. The maximum absolute atomic E-state index is 11.4. The van der Waals surface area contributed by atoms with Crippen molar-refractivity contribution in [1.29, 1.82) is 0 Å². The van der Waals surface area contributed by atoms with E-state index < -0.39 is 8.32 Å². The lowest BCUT2D eigenvalue weighted by molar-refractivity contribution is -0.137. The smallest absolute Gasteiger partial charge is 0.330 e. The summed E-state index contributed by atoms with van der Waals surface area (Å²) in [6, 6.07) is 0. The Balaban J connectivity index is 4.86. The molecule has 2 atom stereocenters. The molecule has 0 aliphatic heterocycles. The van der Waals surface area contributed by atoms with E-state index in [9.17, 15) is 4.79 Å². The van der Waals surface area contributed by atoms with Crippen LogP contribution in [0.5, 0.6) is 0 Å². The van der Waals surface area contributed by atoms with Crippen LogP contribution in [-0.4, -0.2) is 31.8 Å². The van der Waals surface area contributed by atoms with Crippen LogP contribution in [0.2, 0.25) is 18.1 Å². The molecule has 0 spiro atoms. The second-order valence-electron chi connectivity index (χ2n) is 6.76. The maximum Gasteiger partial charge on any atom is 0.330 e. The topological polar surface area (TPSA) is 35.5 Å². The summed E-state index contributed by atoms with van der Waals surface area (Å²) >= 11 is 3.65. The van der Waals surface area contributed by atoms with Gasteiger partial charge in [-0.3, -0.25) is 0 Å². The normalized spacial score (nSPS) is 16.0. The van der Waals surface area contributed by atoms with Gasteiger partial charge in [0, 0.05) is 6.08 Å². The van der Waals surface area contributed by atoms with Gasteiger partial charge in [-0.25, -0.2) is 4.79 Å². The van der Waals surface area contributed by atoms with E-state index >= 15 is 0 Å². The van der Waals surface area contributed by atoms with Gasteiger partial charge in [-0.2, -0.15) is 0 Å².